The molecule has 0 unspecified atom stereocenters. The Morgan fingerprint density at radius 3 is 2.68 bits per heavy atom. The van der Waals surface area contributed by atoms with E-state index in [4.69, 9.17) is 4.74 Å². The first kappa shape index (κ1) is 22.4. The quantitative estimate of drug-likeness (QED) is 0.531. The largest absolute Gasteiger partial charge is 0.483 e. The van der Waals surface area contributed by atoms with E-state index >= 15 is 0 Å². The van der Waals surface area contributed by atoms with Crippen LogP contribution in [0.25, 0.3) is 11.0 Å². The van der Waals surface area contributed by atoms with Crippen LogP contribution >= 0.6 is 0 Å². The Morgan fingerprint density at radius 2 is 1.94 bits per heavy atom. The summed E-state index contributed by atoms with van der Waals surface area (Å²) in [6, 6.07) is 6.15. The van der Waals surface area contributed by atoms with E-state index in [0.29, 0.717) is 30.7 Å². The smallest absolute Gasteiger partial charge is 0.284 e. The van der Waals surface area contributed by atoms with Gasteiger partial charge in [0, 0.05) is 38.3 Å². The van der Waals surface area contributed by atoms with Crippen molar-refractivity contribution in [1.29, 1.82) is 0 Å². The monoisotopic (exact) mass is 470 g/mol. The van der Waals surface area contributed by atoms with Gasteiger partial charge in [-0.1, -0.05) is 6.07 Å². The average Bonchev–Trinajstić information content (AvgIpc) is 3.29. The maximum Gasteiger partial charge on any atom is 0.284 e. The normalized spacial score (nSPS) is 17.1. The van der Waals surface area contributed by atoms with Crippen LogP contribution in [0.1, 0.15) is 34.6 Å². The van der Waals surface area contributed by atoms with Crippen LogP contribution in [0.5, 0.6) is 5.75 Å². The molecule has 0 atom stereocenters. The van der Waals surface area contributed by atoms with Crippen LogP contribution in [0.15, 0.2) is 29.1 Å². The van der Waals surface area contributed by atoms with Gasteiger partial charge >= 0.3 is 0 Å². The number of hydrogen-bond donors (Lipinski definition) is 2. The highest BCUT2D eigenvalue weighted by molar-refractivity contribution is 5.91. The van der Waals surface area contributed by atoms with Gasteiger partial charge in [0.05, 0.1) is 5.52 Å². The zero-order chi connectivity index (χ0) is 23.8. The topological polar surface area (TPSA) is 103 Å². The maximum absolute atomic E-state index is 14.9. The summed E-state index contributed by atoms with van der Waals surface area (Å²) in [5, 5.41) is 1.79. The Hall–Kier alpha value is -3.44. The molecular weight excluding hydrogens is 446 g/mol. The summed E-state index contributed by atoms with van der Waals surface area (Å²) < 4.78 is 35.0. The van der Waals surface area contributed by atoms with Crippen molar-refractivity contribution in [3.05, 3.63) is 63.3 Å². The van der Waals surface area contributed by atoms with Crippen molar-refractivity contribution < 1.29 is 18.3 Å². The molecule has 0 aliphatic carbocycles. The van der Waals surface area contributed by atoms with E-state index in [1.165, 1.54) is 12.1 Å². The molecule has 34 heavy (non-hydrogen) atoms. The average molecular weight is 470 g/mol. The number of benzene rings is 1. The molecule has 2 saturated heterocycles. The van der Waals surface area contributed by atoms with E-state index in [1.54, 1.807) is 24.1 Å². The number of carbonyl (C=O) groups is 1. The lowest BCUT2D eigenvalue weighted by atomic mass is 10.1. The van der Waals surface area contributed by atoms with Crippen LogP contribution in [0.2, 0.25) is 0 Å². The third kappa shape index (κ3) is 4.48. The summed E-state index contributed by atoms with van der Waals surface area (Å²) >= 11 is 0. The van der Waals surface area contributed by atoms with Crippen LogP contribution in [0, 0.1) is 18.7 Å². The standard InChI is InChI=1S/C23H24F2N6O3/c1-13-22(32)28-20-16(26-13)5-4-14(19(20)24)10-30-11-15(12-30)34-18-7-6-17(27-21(18)25)23(33)29-31-8-2-3-9-31/h4-7,15H,2-3,8-12H2,1H3,(H,28,32)(H,29,33). The minimum Gasteiger partial charge on any atom is -0.483 e. The molecule has 1 amide bonds. The molecule has 0 spiro atoms. The van der Waals surface area contributed by atoms with Crippen molar-refractivity contribution in [2.24, 2.45) is 0 Å². The Balaban J connectivity index is 1.17. The first-order chi connectivity index (χ1) is 16.4. The van der Waals surface area contributed by atoms with Gasteiger partial charge in [-0.2, -0.15) is 4.39 Å². The number of hydrazine groups is 1. The van der Waals surface area contributed by atoms with E-state index in [2.05, 4.69) is 20.4 Å². The van der Waals surface area contributed by atoms with Crippen LogP contribution in [0.3, 0.4) is 0 Å². The molecule has 3 aromatic rings. The number of pyridine rings is 1. The first-order valence-corrected chi connectivity index (χ1v) is 11.2. The fourth-order valence-corrected chi connectivity index (χ4v) is 4.19. The molecule has 4 heterocycles. The van der Waals surface area contributed by atoms with Crippen molar-refractivity contribution in [2.75, 3.05) is 26.2 Å². The van der Waals surface area contributed by atoms with Gasteiger partial charge in [-0.05, 0) is 38.0 Å². The number of carbonyl (C=O) groups excluding carboxylic acids is 1. The molecule has 1 aromatic carbocycles. The number of aromatic amines is 1. The molecule has 2 N–H and O–H groups in total. The maximum atomic E-state index is 14.9. The van der Waals surface area contributed by atoms with Gasteiger partial charge in [-0.25, -0.2) is 19.4 Å². The third-order valence-electron chi connectivity index (χ3n) is 6.08. The summed E-state index contributed by atoms with van der Waals surface area (Å²) in [5.74, 6) is -1.84. The number of halogens is 2. The molecule has 9 nitrogen and oxygen atoms in total. The van der Waals surface area contributed by atoms with Crippen molar-refractivity contribution >= 4 is 16.9 Å². The third-order valence-corrected chi connectivity index (χ3v) is 6.08. The molecule has 2 aliphatic heterocycles. The second-order valence-corrected chi connectivity index (χ2v) is 8.64. The lowest BCUT2D eigenvalue weighted by Crippen LogP contribution is -2.53. The summed E-state index contributed by atoms with van der Waals surface area (Å²) in [6.45, 7) is 4.36. The molecule has 2 fully saturated rings. The number of nitrogens with zero attached hydrogens (tertiary/aromatic N) is 4. The second kappa shape index (κ2) is 9.07. The van der Waals surface area contributed by atoms with Gasteiger partial charge in [-0.15, -0.1) is 0 Å². The fraction of sp³-hybridized carbons (Fsp3) is 0.391. The van der Waals surface area contributed by atoms with E-state index in [-0.39, 0.29) is 28.8 Å². The number of nitrogens with one attached hydrogen (secondary N) is 2. The number of fused-ring (bicyclic) bond motifs is 1. The minimum atomic E-state index is -0.847. The predicted molar refractivity (Wildman–Crippen MR) is 119 cm³/mol. The molecule has 0 radical (unpaired) electrons. The van der Waals surface area contributed by atoms with Gasteiger partial charge in [0.25, 0.3) is 17.4 Å². The molecule has 0 saturated carbocycles. The highest BCUT2D eigenvalue weighted by Gasteiger charge is 2.30. The van der Waals surface area contributed by atoms with Crippen LogP contribution < -0.4 is 15.7 Å². The van der Waals surface area contributed by atoms with Crippen molar-refractivity contribution in [3.8, 4) is 5.75 Å². The van der Waals surface area contributed by atoms with E-state index < -0.39 is 23.2 Å². The SMILES string of the molecule is Cc1nc2ccc(CN3CC(Oc4ccc(C(=O)NN5CCCC5)nc4F)C3)c(F)c2[nH]c1=O. The van der Waals surface area contributed by atoms with Crippen molar-refractivity contribution in [3.63, 3.8) is 0 Å². The second-order valence-electron chi connectivity index (χ2n) is 8.64. The van der Waals surface area contributed by atoms with Crippen molar-refractivity contribution in [1.82, 2.24) is 30.3 Å². The summed E-state index contributed by atoms with van der Waals surface area (Å²) in [6.07, 6.45) is 1.74. The number of hydrogen-bond acceptors (Lipinski definition) is 7. The zero-order valence-corrected chi connectivity index (χ0v) is 18.6. The summed E-state index contributed by atoms with van der Waals surface area (Å²) in [4.78, 5) is 36.4. The number of H-pyrrole nitrogens is 1. The lowest BCUT2D eigenvalue weighted by Gasteiger charge is -2.39. The highest BCUT2D eigenvalue weighted by Crippen LogP contribution is 2.24. The van der Waals surface area contributed by atoms with E-state index in [0.717, 1.165) is 25.9 Å². The summed E-state index contributed by atoms with van der Waals surface area (Å²) in [5.41, 5.74) is 3.47. The molecule has 5 rings (SSSR count). The highest BCUT2D eigenvalue weighted by atomic mass is 19.1. The first-order valence-electron chi connectivity index (χ1n) is 11.2. The number of aryl methyl sites for hydroxylation is 1. The van der Waals surface area contributed by atoms with E-state index in [1.807, 2.05) is 4.90 Å². The van der Waals surface area contributed by atoms with Crippen LogP contribution in [-0.4, -0.2) is 63.1 Å². The van der Waals surface area contributed by atoms with Gasteiger partial charge in [-0.3, -0.25) is 19.9 Å². The minimum absolute atomic E-state index is 0.0125. The molecular formula is C23H24F2N6O3. The molecule has 178 valence electrons. The van der Waals surface area contributed by atoms with Gasteiger partial charge in [0.2, 0.25) is 0 Å². The molecule has 2 aromatic heterocycles. The number of ether oxygens (including phenoxy) is 1. The van der Waals surface area contributed by atoms with Gasteiger partial charge in [0.1, 0.15) is 23.0 Å². The van der Waals surface area contributed by atoms with Crippen molar-refractivity contribution in [2.45, 2.75) is 32.4 Å². The Bertz CT molecular complexity index is 1300. The van der Waals surface area contributed by atoms with Gasteiger partial charge < -0.3 is 9.72 Å². The Morgan fingerprint density at radius 1 is 1.18 bits per heavy atom. The Kier molecular flexibility index (Phi) is 5.96. The number of likely N-dealkylation sites (tertiary alicyclic amines) is 1. The fourth-order valence-electron chi connectivity index (χ4n) is 4.19. The number of aromatic nitrogens is 3. The van der Waals surface area contributed by atoms with Gasteiger partial charge in [0.15, 0.2) is 11.6 Å². The number of rotatable bonds is 6. The van der Waals surface area contributed by atoms with Crippen LogP contribution in [-0.2, 0) is 6.54 Å². The van der Waals surface area contributed by atoms with Crippen LogP contribution in [0.4, 0.5) is 8.78 Å². The molecule has 11 heteroatoms. The lowest BCUT2D eigenvalue weighted by molar-refractivity contribution is 0.0112. The Labute approximate surface area is 193 Å². The molecule has 2 aliphatic rings. The zero-order valence-electron chi connectivity index (χ0n) is 18.6. The molecule has 0 bridgehead atoms. The summed E-state index contributed by atoms with van der Waals surface area (Å²) in [7, 11) is 0. The number of amides is 1. The van der Waals surface area contributed by atoms with E-state index in [9.17, 15) is 18.4 Å². The predicted octanol–water partition coefficient (Wildman–Crippen LogP) is 1.91.